The molecule has 0 aliphatic carbocycles. The topological polar surface area (TPSA) is 67.6 Å². The first kappa shape index (κ1) is 23.7. The summed E-state index contributed by atoms with van der Waals surface area (Å²) < 4.78 is 11.9. The molecule has 0 bridgehead atoms. The van der Waals surface area contributed by atoms with Gasteiger partial charge in [0, 0.05) is 31.1 Å². The van der Waals surface area contributed by atoms with Crippen molar-refractivity contribution in [2.45, 2.75) is 44.8 Å². The molecule has 29 heavy (non-hydrogen) atoms. The predicted molar refractivity (Wildman–Crippen MR) is 117 cm³/mol. The largest absolute Gasteiger partial charge is 0.442 e. The molecule has 8 heteroatoms. The molecular weight excluding hydrogens is 413 g/mol. The van der Waals surface area contributed by atoms with Crippen LogP contribution in [0.4, 0.5) is 0 Å². The van der Waals surface area contributed by atoms with Gasteiger partial charge in [0.1, 0.15) is 23.6 Å². The molecule has 2 aromatic rings. The fourth-order valence-corrected chi connectivity index (χ4v) is 3.88. The highest BCUT2D eigenvalue weighted by Crippen LogP contribution is 2.37. The summed E-state index contributed by atoms with van der Waals surface area (Å²) >= 11 is 0. The van der Waals surface area contributed by atoms with E-state index in [1.54, 1.807) is 0 Å². The van der Waals surface area contributed by atoms with Gasteiger partial charge >= 0.3 is 0 Å². The number of hydrogen-bond donors (Lipinski definition) is 1. The van der Waals surface area contributed by atoms with E-state index < -0.39 is 6.10 Å². The number of hydrogen-bond acceptors (Lipinski definition) is 5. The lowest BCUT2D eigenvalue weighted by atomic mass is 10.0. The average molecular weight is 442 g/mol. The summed E-state index contributed by atoms with van der Waals surface area (Å²) in [6.45, 7) is 6.88. The zero-order valence-corrected chi connectivity index (χ0v) is 18.4. The van der Waals surface area contributed by atoms with Crippen molar-refractivity contribution < 1.29 is 13.9 Å². The van der Waals surface area contributed by atoms with Gasteiger partial charge in [0.2, 0.25) is 5.89 Å². The number of carbonyl (C=O) groups excluding carboxylic acids is 1. The van der Waals surface area contributed by atoms with Crippen molar-refractivity contribution in [1.29, 1.82) is 0 Å². The first-order chi connectivity index (χ1) is 13.1. The molecule has 1 aromatic carbocycles. The summed E-state index contributed by atoms with van der Waals surface area (Å²) in [6, 6.07) is 9.99. The Labute approximate surface area is 184 Å². The molecule has 6 nitrogen and oxygen atoms in total. The van der Waals surface area contributed by atoms with Crippen LogP contribution in [0.25, 0.3) is 11.3 Å². The highest BCUT2D eigenvalue weighted by Gasteiger charge is 2.38. The molecule has 2 fully saturated rings. The quantitative estimate of drug-likeness (QED) is 0.777. The van der Waals surface area contributed by atoms with E-state index in [2.05, 4.69) is 19.2 Å². The van der Waals surface area contributed by atoms with Gasteiger partial charge in [-0.25, -0.2) is 4.98 Å². The fraction of sp³-hybridized carbons (Fsp3) is 0.524. The number of ether oxygens (including phenoxy) is 1. The maximum absolute atomic E-state index is 13.0. The lowest BCUT2D eigenvalue weighted by Gasteiger charge is -2.29. The summed E-state index contributed by atoms with van der Waals surface area (Å²) in [7, 11) is 0. The Morgan fingerprint density at radius 3 is 2.66 bits per heavy atom. The molecule has 2 aliphatic heterocycles. The first-order valence-electron chi connectivity index (χ1n) is 9.84. The van der Waals surface area contributed by atoms with Crippen LogP contribution < -0.4 is 5.32 Å². The average Bonchev–Trinajstić information content (AvgIpc) is 3.36. The van der Waals surface area contributed by atoms with Crippen LogP contribution in [0.1, 0.15) is 50.3 Å². The van der Waals surface area contributed by atoms with Gasteiger partial charge in [-0.1, -0.05) is 44.2 Å². The Morgan fingerprint density at radius 1 is 1.24 bits per heavy atom. The van der Waals surface area contributed by atoms with Crippen molar-refractivity contribution in [2.75, 3.05) is 26.2 Å². The molecule has 0 spiro atoms. The molecule has 2 aliphatic rings. The van der Waals surface area contributed by atoms with Crippen LogP contribution in [0, 0.1) is 0 Å². The Kier molecular flexibility index (Phi) is 8.52. The summed E-state index contributed by atoms with van der Waals surface area (Å²) in [5.74, 6) is 1.78. The van der Waals surface area contributed by atoms with E-state index in [9.17, 15) is 4.79 Å². The molecule has 0 radical (unpaired) electrons. The molecule has 160 valence electrons. The lowest BCUT2D eigenvalue weighted by molar-refractivity contribution is -0.146. The SMILES string of the molecule is CC(C)c1oc(C2CCCN2C(=O)C2CNCCO2)nc1-c1ccccc1.Cl.Cl. The van der Waals surface area contributed by atoms with Gasteiger partial charge in [-0.05, 0) is 12.8 Å². The smallest absolute Gasteiger partial charge is 0.253 e. The summed E-state index contributed by atoms with van der Waals surface area (Å²) in [4.78, 5) is 19.7. The van der Waals surface area contributed by atoms with Crippen LogP contribution in [0.15, 0.2) is 34.7 Å². The molecule has 0 saturated carbocycles. The minimum Gasteiger partial charge on any atom is -0.442 e. The van der Waals surface area contributed by atoms with Gasteiger partial charge in [-0.2, -0.15) is 0 Å². The summed E-state index contributed by atoms with van der Waals surface area (Å²) in [5, 5.41) is 3.23. The number of morpholine rings is 1. The number of nitrogens with one attached hydrogen (secondary N) is 1. The van der Waals surface area contributed by atoms with E-state index in [1.807, 2.05) is 35.2 Å². The van der Waals surface area contributed by atoms with Gasteiger partial charge in [0.25, 0.3) is 5.91 Å². The fourth-order valence-electron chi connectivity index (χ4n) is 3.88. The molecule has 2 saturated heterocycles. The third-order valence-corrected chi connectivity index (χ3v) is 5.27. The number of carbonyl (C=O) groups is 1. The van der Waals surface area contributed by atoms with Crippen molar-refractivity contribution in [3.05, 3.63) is 42.0 Å². The molecule has 2 atom stereocenters. The Hall–Kier alpha value is -1.60. The van der Waals surface area contributed by atoms with E-state index >= 15 is 0 Å². The minimum atomic E-state index is -0.410. The molecular formula is C21H29Cl2N3O3. The van der Waals surface area contributed by atoms with E-state index in [0.29, 0.717) is 19.0 Å². The maximum atomic E-state index is 13.0. The summed E-state index contributed by atoms with van der Waals surface area (Å²) in [5.41, 5.74) is 1.93. The number of nitrogens with zero attached hydrogens (tertiary/aromatic N) is 2. The van der Waals surface area contributed by atoms with Crippen LogP contribution >= 0.6 is 24.8 Å². The van der Waals surface area contributed by atoms with E-state index in [1.165, 1.54) is 0 Å². The van der Waals surface area contributed by atoms with Crippen molar-refractivity contribution in [3.63, 3.8) is 0 Å². The normalized spacial score (nSPS) is 21.6. The van der Waals surface area contributed by atoms with Gasteiger partial charge in [-0.15, -0.1) is 24.8 Å². The molecule has 3 heterocycles. The highest BCUT2D eigenvalue weighted by molar-refractivity contribution is 5.85. The third-order valence-electron chi connectivity index (χ3n) is 5.27. The zero-order chi connectivity index (χ0) is 18.8. The van der Waals surface area contributed by atoms with Crippen molar-refractivity contribution in [2.24, 2.45) is 0 Å². The Bertz CT molecular complexity index is 792. The molecule has 1 amide bonds. The summed E-state index contributed by atoms with van der Waals surface area (Å²) in [6.07, 6.45) is 1.42. The van der Waals surface area contributed by atoms with Crippen LogP contribution in [0.2, 0.25) is 0 Å². The molecule has 1 aromatic heterocycles. The van der Waals surface area contributed by atoms with Crippen molar-refractivity contribution >= 4 is 30.7 Å². The highest BCUT2D eigenvalue weighted by atomic mass is 35.5. The monoisotopic (exact) mass is 441 g/mol. The third kappa shape index (κ3) is 4.94. The van der Waals surface area contributed by atoms with Crippen LogP contribution in [-0.2, 0) is 9.53 Å². The molecule has 1 N–H and O–H groups in total. The number of likely N-dealkylation sites (tertiary alicyclic amines) is 1. The second kappa shape index (κ2) is 10.4. The number of aromatic nitrogens is 1. The number of benzene rings is 1. The Balaban J connectivity index is 0.00000150. The predicted octanol–water partition coefficient (Wildman–Crippen LogP) is 3.96. The molecule has 2 unspecified atom stereocenters. The van der Waals surface area contributed by atoms with Crippen molar-refractivity contribution in [1.82, 2.24) is 15.2 Å². The second-order valence-electron chi connectivity index (χ2n) is 7.54. The minimum absolute atomic E-state index is 0. The van der Waals surface area contributed by atoms with E-state index in [-0.39, 0.29) is 42.7 Å². The number of oxazole rings is 1. The first-order valence-corrected chi connectivity index (χ1v) is 9.84. The van der Waals surface area contributed by atoms with Crippen LogP contribution in [-0.4, -0.2) is 48.1 Å². The Morgan fingerprint density at radius 2 is 2.00 bits per heavy atom. The lowest BCUT2D eigenvalue weighted by Crippen LogP contribution is -2.49. The van der Waals surface area contributed by atoms with Gasteiger partial charge in [0.05, 0.1) is 6.61 Å². The van der Waals surface area contributed by atoms with Crippen molar-refractivity contribution in [3.8, 4) is 11.3 Å². The zero-order valence-electron chi connectivity index (χ0n) is 16.8. The maximum Gasteiger partial charge on any atom is 0.253 e. The van der Waals surface area contributed by atoms with E-state index in [0.717, 1.165) is 42.9 Å². The van der Waals surface area contributed by atoms with Crippen LogP contribution in [0.5, 0.6) is 0 Å². The number of halogens is 2. The second-order valence-corrected chi connectivity index (χ2v) is 7.54. The van der Waals surface area contributed by atoms with Crippen LogP contribution in [0.3, 0.4) is 0 Å². The standard InChI is InChI=1S/C21H27N3O3.2ClH/c1-14(2)19-18(15-7-4-3-5-8-15)23-20(27-19)16-9-6-11-24(16)21(25)17-13-22-10-12-26-17;;/h3-5,7-8,14,16-17,22H,6,9-13H2,1-2H3;2*1H. The molecule has 4 rings (SSSR count). The number of rotatable bonds is 4. The van der Waals surface area contributed by atoms with Gasteiger partial charge in [-0.3, -0.25) is 4.79 Å². The number of amides is 1. The van der Waals surface area contributed by atoms with Gasteiger partial charge in [0.15, 0.2) is 0 Å². The van der Waals surface area contributed by atoms with Gasteiger partial charge < -0.3 is 19.4 Å². The van der Waals surface area contributed by atoms with E-state index in [4.69, 9.17) is 14.1 Å².